The summed E-state index contributed by atoms with van der Waals surface area (Å²) in [5.41, 5.74) is 3.64. The van der Waals surface area contributed by atoms with Crippen LogP contribution in [-0.4, -0.2) is 20.7 Å². The second-order valence-corrected chi connectivity index (χ2v) is 6.57. The number of aromatic nitrogens is 3. The number of hydrogen-bond acceptors (Lipinski definition) is 3. The Bertz CT molecular complexity index is 887. The van der Waals surface area contributed by atoms with Crippen molar-refractivity contribution in [1.82, 2.24) is 25.4 Å². The Hall–Kier alpha value is -2.42. The molecule has 1 aromatic heterocycles. The Kier molecular flexibility index (Phi) is 8.43. The second-order valence-electron chi connectivity index (χ2n) is 6.57. The Balaban J connectivity index is 0.00000280. The van der Waals surface area contributed by atoms with E-state index in [4.69, 9.17) is 4.99 Å². The number of nitrogens with one attached hydrogen (secondary N) is 2. The summed E-state index contributed by atoms with van der Waals surface area (Å²) in [4.78, 5) is 4.72. The summed E-state index contributed by atoms with van der Waals surface area (Å²) in [6, 6.07) is 18.7. The van der Waals surface area contributed by atoms with Crippen molar-refractivity contribution >= 4 is 29.9 Å². The van der Waals surface area contributed by atoms with Gasteiger partial charge in [-0.2, -0.15) is 0 Å². The molecule has 148 valence electrons. The van der Waals surface area contributed by atoms with Gasteiger partial charge in [-0.25, -0.2) is 4.99 Å². The third-order valence-corrected chi connectivity index (χ3v) is 4.44. The molecule has 0 fully saturated rings. The van der Waals surface area contributed by atoms with Crippen LogP contribution in [-0.2, 0) is 26.7 Å². The van der Waals surface area contributed by atoms with Crippen molar-refractivity contribution in [3.8, 4) is 0 Å². The van der Waals surface area contributed by atoms with Gasteiger partial charge in [-0.05, 0) is 25.0 Å². The second kappa shape index (κ2) is 10.8. The zero-order chi connectivity index (χ0) is 19.1. The molecule has 0 atom stereocenters. The van der Waals surface area contributed by atoms with Gasteiger partial charge in [-0.15, -0.1) is 34.2 Å². The van der Waals surface area contributed by atoms with Crippen LogP contribution in [0.4, 0.5) is 0 Å². The molecule has 0 aliphatic carbocycles. The molecule has 0 unspecified atom stereocenters. The molecule has 0 bridgehead atoms. The normalized spacial score (nSPS) is 11.0. The number of nitrogens with zero attached hydrogens (tertiary/aromatic N) is 4. The number of benzene rings is 2. The van der Waals surface area contributed by atoms with E-state index in [0.29, 0.717) is 19.6 Å². The first-order chi connectivity index (χ1) is 13.1. The maximum absolute atomic E-state index is 4.72. The predicted molar refractivity (Wildman–Crippen MR) is 124 cm³/mol. The van der Waals surface area contributed by atoms with Crippen molar-refractivity contribution in [3.63, 3.8) is 0 Å². The average molecular weight is 490 g/mol. The van der Waals surface area contributed by atoms with Crippen LogP contribution >= 0.6 is 24.0 Å². The first-order valence-electron chi connectivity index (χ1n) is 9.08. The summed E-state index contributed by atoms with van der Waals surface area (Å²) < 4.78 is 1.97. The van der Waals surface area contributed by atoms with E-state index in [-0.39, 0.29) is 24.0 Å². The largest absolute Gasteiger partial charge is 0.352 e. The lowest BCUT2D eigenvalue weighted by atomic mass is 10.1. The van der Waals surface area contributed by atoms with Crippen LogP contribution in [0.5, 0.6) is 0 Å². The molecule has 2 N–H and O–H groups in total. The number of halogens is 1. The standard InChI is InChI=1S/C21H26N6.HI/c1-16-9-11-19(12-10-16)14-23-21(22-13-18-7-5-4-6-8-18)24-15-20-26-25-17(2)27(20)3;/h4-12H,13-15H2,1-3H3,(H2,22,23,24);1H. The Morgan fingerprint density at radius 2 is 1.57 bits per heavy atom. The lowest BCUT2D eigenvalue weighted by Crippen LogP contribution is -2.37. The van der Waals surface area contributed by atoms with Crippen LogP contribution in [0.25, 0.3) is 0 Å². The van der Waals surface area contributed by atoms with Gasteiger partial charge < -0.3 is 15.2 Å². The van der Waals surface area contributed by atoms with E-state index in [9.17, 15) is 0 Å². The number of aliphatic imine (C=N–C) groups is 1. The molecule has 2 aromatic carbocycles. The lowest BCUT2D eigenvalue weighted by Gasteiger charge is -2.13. The summed E-state index contributed by atoms with van der Waals surface area (Å²) in [5.74, 6) is 2.51. The number of guanidine groups is 1. The van der Waals surface area contributed by atoms with E-state index in [1.54, 1.807) is 0 Å². The molecule has 3 rings (SSSR count). The first kappa shape index (κ1) is 21.9. The molecule has 0 saturated carbocycles. The monoisotopic (exact) mass is 490 g/mol. The quantitative estimate of drug-likeness (QED) is 0.316. The molecule has 0 aliphatic heterocycles. The van der Waals surface area contributed by atoms with Gasteiger partial charge in [0.05, 0.1) is 13.1 Å². The van der Waals surface area contributed by atoms with E-state index in [0.717, 1.165) is 17.6 Å². The summed E-state index contributed by atoms with van der Waals surface area (Å²) >= 11 is 0. The number of rotatable bonds is 6. The highest BCUT2D eigenvalue weighted by Crippen LogP contribution is 2.04. The molecule has 28 heavy (non-hydrogen) atoms. The predicted octanol–water partition coefficient (Wildman–Crippen LogP) is 3.49. The number of aryl methyl sites for hydroxylation is 2. The van der Waals surface area contributed by atoms with Crippen LogP contribution in [0.15, 0.2) is 59.6 Å². The van der Waals surface area contributed by atoms with Crippen molar-refractivity contribution in [2.24, 2.45) is 12.0 Å². The highest BCUT2D eigenvalue weighted by Gasteiger charge is 2.06. The van der Waals surface area contributed by atoms with Crippen molar-refractivity contribution < 1.29 is 0 Å². The van der Waals surface area contributed by atoms with Crippen molar-refractivity contribution in [3.05, 3.63) is 82.9 Å². The molecular weight excluding hydrogens is 463 g/mol. The summed E-state index contributed by atoms with van der Waals surface area (Å²) in [6.07, 6.45) is 0. The zero-order valence-corrected chi connectivity index (χ0v) is 18.8. The van der Waals surface area contributed by atoms with Gasteiger partial charge in [0, 0.05) is 13.6 Å². The van der Waals surface area contributed by atoms with Crippen LogP contribution in [0, 0.1) is 13.8 Å². The summed E-state index contributed by atoms with van der Waals surface area (Å²) in [6.45, 7) is 5.91. The minimum atomic E-state index is 0. The Morgan fingerprint density at radius 3 is 2.21 bits per heavy atom. The molecule has 7 heteroatoms. The van der Waals surface area contributed by atoms with Gasteiger partial charge in [0.15, 0.2) is 11.8 Å². The molecule has 1 heterocycles. The van der Waals surface area contributed by atoms with Gasteiger partial charge in [0.1, 0.15) is 5.82 Å². The summed E-state index contributed by atoms with van der Waals surface area (Å²) in [7, 11) is 1.97. The van der Waals surface area contributed by atoms with Gasteiger partial charge in [0.2, 0.25) is 0 Å². The zero-order valence-electron chi connectivity index (χ0n) is 16.5. The lowest BCUT2D eigenvalue weighted by molar-refractivity contribution is 0.714. The van der Waals surface area contributed by atoms with Crippen molar-refractivity contribution in [1.29, 1.82) is 0 Å². The van der Waals surface area contributed by atoms with E-state index in [2.05, 4.69) is 64.2 Å². The summed E-state index contributed by atoms with van der Waals surface area (Å²) in [5, 5.41) is 15.1. The number of hydrogen-bond donors (Lipinski definition) is 2. The SMILES string of the molecule is Cc1ccc(CNC(=NCc2ccccc2)NCc2nnc(C)n2C)cc1.I. The van der Waals surface area contributed by atoms with E-state index in [1.807, 2.05) is 36.7 Å². The van der Waals surface area contributed by atoms with Crippen LogP contribution < -0.4 is 10.6 Å². The minimum absolute atomic E-state index is 0. The highest BCUT2D eigenvalue weighted by atomic mass is 127. The Labute approximate surface area is 183 Å². The van der Waals surface area contributed by atoms with E-state index in [1.165, 1.54) is 16.7 Å². The van der Waals surface area contributed by atoms with Gasteiger partial charge in [-0.3, -0.25) is 0 Å². The van der Waals surface area contributed by atoms with E-state index < -0.39 is 0 Å². The highest BCUT2D eigenvalue weighted by molar-refractivity contribution is 14.0. The fourth-order valence-corrected chi connectivity index (χ4v) is 2.59. The first-order valence-corrected chi connectivity index (χ1v) is 9.08. The minimum Gasteiger partial charge on any atom is -0.352 e. The van der Waals surface area contributed by atoms with Crippen LogP contribution in [0.3, 0.4) is 0 Å². The molecular formula is C21H27IN6. The fraction of sp³-hybridized carbons (Fsp3) is 0.286. The van der Waals surface area contributed by atoms with Gasteiger partial charge in [0.25, 0.3) is 0 Å². The Morgan fingerprint density at radius 1 is 0.893 bits per heavy atom. The van der Waals surface area contributed by atoms with Gasteiger partial charge >= 0.3 is 0 Å². The molecule has 3 aromatic rings. The molecule has 0 aliphatic rings. The maximum atomic E-state index is 4.72. The van der Waals surface area contributed by atoms with Crippen molar-refractivity contribution in [2.75, 3.05) is 0 Å². The molecule has 0 saturated heterocycles. The van der Waals surface area contributed by atoms with Crippen LogP contribution in [0.2, 0.25) is 0 Å². The third-order valence-electron chi connectivity index (χ3n) is 4.44. The van der Waals surface area contributed by atoms with E-state index >= 15 is 0 Å². The maximum Gasteiger partial charge on any atom is 0.192 e. The van der Waals surface area contributed by atoms with Gasteiger partial charge in [-0.1, -0.05) is 60.2 Å². The molecule has 6 nitrogen and oxygen atoms in total. The molecule has 0 radical (unpaired) electrons. The topological polar surface area (TPSA) is 67.1 Å². The fourth-order valence-electron chi connectivity index (χ4n) is 2.59. The smallest absolute Gasteiger partial charge is 0.192 e. The van der Waals surface area contributed by atoms with Crippen LogP contribution in [0.1, 0.15) is 28.3 Å². The van der Waals surface area contributed by atoms with Crippen molar-refractivity contribution in [2.45, 2.75) is 33.5 Å². The average Bonchev–Trinajstić information content (AvgIpc) is 3.01. The molecule has 0 amide bonds. The third kappa shape index (κ3) is 6.33. The molecule has 0 spiro atoms.